The molecule has 10 heavy (non-hydrogen) atoms. The molecule has 1 heteroatoms. The van der Waals surface area contributed by atoms with Gasteiger partial charge in [-0.15, -0.1) is 0 Å². The number of hydrogen-bond acceptors (Lipinski definition) is 1. The van der Waals surface area contributed by atoms with Crippen LogP contribution in [0.25, 0.3) is 0 Å². The fraction of sp³-hybridized carbons (Fsp3) is 0.333. The summed E-state index contributed by atoms with van der Waals surface area (Å²) in [5.74, 6) is 0. The van der Waals surface area contributed by atoms with Crippen molar-refractivity contribution in [2.75, 3.05) is 19.0 Å². The summed E-state index contributed by atoms with van der Waals surface area (Å²) in [6.07, 6.45) is 0. The summed E-state index contributed by atoms with van der Waals surface area (Å²) in [5.41, 5.74) is 2.57. The Balaban J connectivity index is 0.000001000. The Labute approximate surface area is 63.8 Å². The van der Waals surface area contributed by atoms with Crippen LogP contribution in [0.1, 0.15) is 6.99 Å². The third-order valence-corrected chi connectivity index (χ3v) is 1.55. The first-order valence-electron chi connectivity index (χ1n) is 3.44. The second-order valence-corrected chi connectivity index (χ2v) is 2.73. The van der Waals surface area contributed by atoms with Crippen molar-refractivity contribution in [1.29, 1.82) is 0 Å². The summed E-state index contributed by atoms with van der Waals surface area (Å²) < 4.78 is 0. The van der Waals surface area contributed by atoms with Gasteiger partial charge < -0.3 is 4.90 Å². The molecular weight excluding hydrogens is 122 g/mol. The van der Waals surface area contributed by atoms with Gasteiger partial charge in [-0.2, -0.15) is 0 Å². The van der Waals surface area contributed by atoms with Gasteiger partial charge in [-0.3, -0.25) is 0 Å². The van der Waals surface area contributed by atoms with E-state index >= 15 is 0 Å². The zero-order valence-corrected chi connectivity index (χ0v) is 6.76. The Morgan fingerprint density at radius 3 is 2.00 bits per heavy atom. The zero-order chi connectivity index (χ0) is 7.56. The summed E-state index contributed by atoms with van der Waals surface area (Å²) in [4.78, 5) is 2.10. The van der Waals surface area contributed by atoms with Crippen molar-refractivity contribution in [3.05, 3.63) is 29.8 Å². The maximum Gasteiger partial charge on any atom is 0.0361 e. The molecule has 0 radical (unpaired) electrons. The van der Waals surface area contributed by atoms with Crippen molar-refractivity contribution in [1.82, 2.24) is 0 Å². The predicted molar refractivity (Wildman–Crippen MR) is 47.6 cm³/mol. The summed E-state index contributed by atoms with van der Waals surface area (Å²) in [7, 11) is 4.09. The highest BCUT2D eigenvalue weighted by Gasteiger charge is 1.90. The van der Waals surface area contributed by atoms with Gasteiger partial charge in [0.2, 0.25) is 0 Å². The Kier molecular flexibility index (Phi) is 1.95. The van der Waals surface area contributed by atoms with Crippen LogP contribution in [-0.4, -0.2) is 14.1 Å². The summed E-state index contributed by atoms with van der Waals surface area (Å²) in [6, 6.07) is 8.48. The van der Waals surface area contributed by atoms with Crippen LogP contribution in [0.4, 0.5) is 5.69 Å². The number of rotatable bonds is 1. The molecule has 1 aromatic rings. The van der Waals surface area contributed by atoms with E-state index in [4.69, 9.17) is 0 Å². The molecule has 0 N–H and O–H groups in total. The van der Waals surface area contributed by atoms with Gasteiger partial charge in [0, 0.05) is 21.2 Å². The lowest BCUT2D eigenvalue weighted by Crippen LogP contribution is -2.07. The summed E-state index contributed by atoms with van der Waals surface area (Å²) in [5, 5.41) is 0. The molecule has 0 saturated heterocycles. The van der Waals surface area contributed by atoms with Crippen molar-refractivity contribution in [3.8, 4) is 0 Å². The molecule has 0 amide bonds. The van der Waals surface area contributed by atoms with Crippen LogP contribution in [0.2, 0.25) is 0 Å². The van der Waals surface area contributed by atoms with Gasteiger partial charge in [-0.1, -0.05) is 17.7 Å². The van der Waals surface area contributed by atoms with Crippen LogP contribution in [0.5, 0.6) is 0 Å². The van der Waals surface area contributed by atoms with Gasteiger partial charge >= 0.3 is 0 Å². The van der Waals surface area contributed by atoms with E-state index in [-0.39, 0.29) is 1.43 Å². The third-order valence-electron chi connectivity index (χ3n) is 1.55. The third kappa shape index (κ3) is 1.50. The van der Waals surface area contributed by atoms with E-state index in [2.05, 4.69) is 36.1 Å². The van der Waals surface area contributed by atoms with Crippen LogP contribution in [-0.2, 0) is 0 Å². The first kappa shape index (κ1) is 7.13. The second kappa shape index (κ2) is 2.74. The zero-order valence-electron chi connectivity index (χ0n) is 6.76. The summed E-state index contributed by atoms with van der Waals surface area (Å²) in [6.45, 7) is 2.10. The molecule has 0 aromatic heterocycles. The van der Waals surface area contributed by atoms with Crippen LogP contribution in [0.15, 0.2) is 24.3 Å². The molecule has 0 atom stereocenters. The summed E-state index contributed by atoms with van der Waals surface area (Å²) >= 11 is 0. The van der Waals surface area contributed by atoms with Crippen molar-refractivity contribution >= 4 is 5.69 Å². The number of aryl methyl sites for hydroxylation is 1. The number of benzene rings is 1. The quantitative estimate of drug-likeness (QED) is 0.574. The molecule has 0 spiro atoms. The first-order chi connectivity index (χ1) is 4.70. The van der Waals surface area contributed by atoms with Gasteiger partial charge in [0.15, 0.2) is 0 Å². The monoisotopic (exact) mass is 137 g/mol. The fourth-order valence-corrected chi connectivity index (χ4v) is 0.843. The lowest BCUT2D eigenvalue weighted by molar-refractivity contribution is 1.13. The molecule has 0 aliphatic rings. The average Bonchev–Trinajstić information content (AvgIpc) is 1.88. The maximum absolute atomic E-state index is 2.12. The normalized spacial score (nSPS) is 9.50. The molecule has 0 unspecified atom stereocenters. The number of anilines is 1. The number of nitrogens with zero attached hydrogens (tertiary/aromatic N) is 1. The van der Waals surface area contributed by atoms with Gasteiger partial charge in [-0.05, 0) is 19.1 Å². The van der Waals surface area contributed by atoms with E-state index in [9.17, 15) is 0 Å². The van der Waals surface area contributed by atoms with Crippen molar-refractivity contribution in [2.24, 2.45) is 0 Å². The van der Waals surface area contributed by atoms with E-state index in [0.717, 1.165) is 0 Å². The Bertz CT molecular complexity index is 203. The topological polar surface area (TPSA) is 3.24 Å². The molecule has 1 aromatic carbocycles. The Hall–Kier alpha value is -0.980. The average molecular weight is 137 g/mol. The Morgan fingerprint density at radius 2 is 1.60 bits per heavy atom. The first-order valence-corrected chi connectivity index (χ1v) is 3.44. The molecular formula is C9H15N. The van der Waals surface area contributed by atoms with Gasteiger partial charge in [0.05, 0.1) is 0 Å². The predicted octanol–water partition coefficient (Wildman–Crippen LogP) is 2.31. The largest absolute Gasteiger partial charge is 0.378 e. The highest BCUT2D eigenvalue weighted by atomic mass is 15.1. The van der Waals surface area contributed by atoms with Crippen molar-refractivity contribution in [2.45, 2.75) is 6.92 Å². The molecule has 56 valence electrons. The Morgan fingerprint density at radius 1 is 1.10 bits per heavy atom. The minimum Gasteiger partial charge on any atom is -0.378 e. The SMILES string of the molecule is Cc1ccc(N(C)C)cc1.[HH]. The van der Waals surface area contributed by atoms with Crippen molar-refractivity contribution < 1.29 is 1.43 Å². The highest BCUT2D eigenvalue weighted by Crippen LogP contribution is 2.10. The molecule has 0 bridgehead atoms. The second-order valence-electron chi connectivity index (χ2n) is 2.73. The highest BCUT2D eigenvalue weighted by molar-refractivity contribution is 5.45. The molecule has 0 heterocycles. The minimum absolute atomic E-state index is 0. The lowest BCUT2D eigenvalue weighted by Gasteiger charge is -2.11. The van der Waals surface area contributed by atoms with Crippen LogP contribution in [0, 0.1) is 6.92 Å². The molecule has 1 rings (SSSR count). The number of hydrogen-bond donors (Lipinski definition) is 0. The van der Waals surface area contributed by atoms with Crippen LogP contribution < -0.4 is 4.90 Å². The van der Waals surface area contributed by atoms with E-state index in [0.29, 0.717) is 0 Å². The van der Waals surface area contributed by atoms with E-state index in [1.165, 1.54) is 11.3 Å². The smallest absolute Gasteiger partial charge is 0.0361 e. The lowest BCUT2D eigenvalue weighted by atomic mass is 10.2. The van der Waals surface area contributed by atoms with Gasteiger partial charge in [0.25, 0.3) is 0 Å². The van der Waals surface area contributed by atoms with E-state index < -0.39 is 0 Å². The maximum atomic E-state index is 2.12. The standard InChI is InChI=1S/C9H13N.H2/c1-8-4-6-9(7-5-8)10(2)3;/h4-7H,1-3H3;1H. The van der Waals surface area contributed by atoms with Crippen molar-refractivity contribution in [3.63, 3.8) is 0 Å². The van der Waals surface area contributed by atoms with Gasteiger partial charge in [-0.25, -0.2) is 0 Å². The molecule has 1 nitrogen and oxygen atoms in total. The van der Waals surface area contributed by atoms with E-state index in [1.807, 2.05) is 14.1 Å². The molecule has 0 saturated carbocycles. The fourth-order valence-electron chi connectivity index (χ4n) is 0.843. The molecule has 0 aliphatic carbocycles. The van der Waals surface area contributed by atoms with E-state index in [1.54, 1.807) is 0 Å². The minimum atomic E-state index is 0. The van der Waals surface area contributed by atoms with Crippen LogP contribution in [0.3, 0.4) is 0 Å². The van der Waals surface area contributed by atoms with Gasteiger partial charge in [0.1, 0.15) is 0 Å². The molecule has 0 aliphatic heterocycles. The van der Waals surface area contributed by atoms with Crippen LogP contribution >= 0.6 is 0 Å². The molecule has 0 fully saturated rings.